The Kier molecular flexibility index (Phi) is 4.92. The molecule has 0 bridgehead atoms. The van der Waals surface area contributed by atoms with Crippen LogP contribution in [0.25, 0.3) is 0 Å². The number of benzene rings is 1. The van der Waals surface area contributed by atoms with Crippen molar-refractivity contribution in [1.82, 2.24) is 10.6 Å². The molecule has 1 heterocycles. The number of halogens is 1. The average Bonchev–Trinajstić information content (AvgIpc) is 2.23. The van der Waals surface area contributed by atoms with E-state index in [-0.39, 0.29) is 11.7 Å². The standard InChI is InChI=1S/C7H7F.C5H10N2O/c1-6-4-2-3-5-7(6)8;1-4-2-6-3-5(8)7-4/h2-5H,1H3;4,6H,2-3H2,1H3,(H,7,8). The summed E-state index contributed by atoms with van der Waals surface area (Å²) >= 11 is 0. The molecule has 1 aromatic carbocycles. The van der Waals surface area contributed by atoms with Crippen molar-refractivity contribution in [1.29, 1.82) is 0 Å². The summed E-state index contributed by atoms with van der Waals surface area (Å²) in [6.07, 6.45) is 0. The fourth-order valence-corrected chi connectivity index (χ4v) is 1.33. The molecule has 1 saturated heterocycles. The number of rotatable bonds is 0. The van der Waals surface area contributed by atoms with Crippen molar-refractivity contribution in [2.75, 3.05) is 13.1 Å². The predicted octanol–water partition coefficient (Wildman–Crippen LogP) is 1.23. The zero-order chi connectivity index (χ0) is 12.0. The van der Waals surface area contributed by atoms with Crippen LogP contribution in [-0.2, 0) is 4.79 Å². The number of carbonyl (C=O) groups is 1. The van der Waals surface area contributed by atoms with E-state index in [1.807, 2.05) is 13.0 Å². The molecular formula is C12H17FN2O. The number of carbonyl (C=O) groups excluding carboxylic acids is 1. The first kappa shape index (κ1) is 12.6. The first-order chi connectivity index (χ1) is 7.59. The maximum Gasteiger partial charge on any atom is 0.234 e. The minimum absolute atomic E-state index is 0.101. The fourth-order valence-electron chi connectivity index (χ4n) is 1.33. The Hall–Kier alpha value is -1.42. The maximum atomic E-state index is 12.3. The second-order valence-corrected chi connectivity index (χ2v) is 3.85. The summed E-state index contributed by atoms with van der Waals surface area (Å²) in [6, 6.07) is 7.00. The van der Waals surface area contributed by atoms with Gasteiger partial charge in [-0.3, -0.25) is 4.79 Å². The summed E-state index contributed by atoms with van der Waals surface area (Å²) in [7, 11) is 0. The van der Waals surface area contributed by atoms with Gasteiger partial charge < -0.3 is 10.6 Å². The lowest BCUT2D eigenvalue weighted by Crippen LogP contribution is -2.50. The Bertz CT molecular complexity index is 334. The Morgan fingerprint density at radius 2 is 2.06 bits per heavy atom. The van der Waals surface area contributed by atoms with Gasteiger partial charge in [-0.05, 0) is 25.5 Å². The van der Waals surface area contributed by atoms with E-state index in [4.69, 9.17) is 0 Å². The Morgan fingerprint density at radius 1 is 1.38 bits per heavy atom. The van der Waals surface area contributed by atoms with Gasteiger partial charge in [0.25, 0.3) is 0 Å². The van der Waals surface area contributed by atoms with Gasteiger partial charge >= 0.3 is 0 Å². The highest BCUT2D eigenvalue weighted by Crippen LogP contribution is 2.01. The van der Waals surface area contributed by atoms with Gasteiger partial charge in [-0.1, -0.05) is 18.2 Å². The molecule has 0 spiro atoms. The molecule has 1 aromatic rings. The number of piperazine rings is 1. The molecule has 1 unspecified atom stereocenters. The van der Waals surface area contributed by atoms with Crippen molar-refractivity contribution in [3.8, 4) is 0 Å². The third-order valence-corrected chi connectivity index (χ3v) is 2.22. The largest absolute Gasteiger partial charge is 0.351 e. The van der Waals surface area contributed by atoms with E-state index in [2.05, 4.69) is 10.6 Å². The SMILES string of the molecule is CC1CNCC(=O)N1.Cc1ccccc1F. The maximum absolute atomic E-state index is 12.3. The highest BCUT2D eigenvalue weighted by atomic mass is 19.1. The molecule has 0 aromatic heterocycles. The van der Waals surface area contributed by atoms with Gasteiger partial charge in [0.2, 0.25) is 5.91 Å². The van der Waals surface area contributed by atoms with Crippen LogP contribution in [0, 0.1) is 12.7 Å². The van der Waals surface area contributed by atoms with Gasteiger partial charge in [0.15, 0.2) is 0 Å². The summed E-state index contributed by atoms with van der Waals surface area (Å²) in [5.41, 5.74) is 0.701. The molecule has 1 atom stereocenters. The number of nitrogens with one attached hydrogen (secondary N) is 2. The monoisotopic (exact) mass is 224 g/mol. The summed E-state index contributed by atoms with van der Waals surface area (Å²) in [4.78, 5) is 10.5. The summed E-state index contributed by atoms with van der Waals surface area (Å²) in [6.45, 7) is 5.09. The first-order valence-corrected chi connectivity index (χ1v) is 5.31. The highest BCUT2D eigenvalue weighted by Gasteiger charge is 2.11. The Morgan fingerprint density at radius 3 is 2.44 bits per heavy atom. The van der Waals surface area contributed by atoms with E-state index < -0.39 is 0 Å². The van der Waals surface area contributed by atoms with E-state index in [1.165, 1.54) is 6.07 Å². The van der Waals surface area contributed by atoms with Gasteiger partial charge in [-0.2, -0.15) is 0 Å². The molecular weight excluding hydrogens is 207 g/mol. The van der Waals surface area contributed by atoms with E-state index >= 15 is 0 Å². The normalized spacial score (nSPS) is 19.4. The van der Waals surface area contributed by atoms with Crippen LogP contribution >= 0.6 is 0 Å². The van der Waals surface area contributed by atoms with Crippen molar-refractivity contribution in [3.63, 3.8) is 0 Å². The van der Waals surface area contributed by atoms with E-state index in [0.29, 0.717) is 18.2 Å². The second-order valence-electron chi connectivity index (χ2n) is 3.85. The molecule has 1 aliphatic heterocycles. The molecule has 16 heavy (non-hydrogen) atoms. The molecule has 88 valence electrons. The lowest BCUT2D eigenvalue weighted by Gasteiger charge is -2.19. The molecule has 4 heteroatoms. The molecule has 1 aliphatic rings. The lowest BCUT2D eigenvalue weighted by molar-refractivity contribution is -0.121. The quantitative estimate of drug-likeness (QED) is 0.696. The van der Waals surface area contributed by atoms with Crippen LogP contribution in [-0.4, -0.2) is 25.0 Å². The topological polar surface area (TPSA) is 41.1 Å². The fraction of sp³-hybridized carbons (Fsp3) is 0.417. The second kappa shape index (κ2) is 6.23. The molecule has 2 rings (SSSR count). The Balaban J connectivity index is 0.000000160. The smallest absolute Gasteiger partial charge is 0.234 e. The number of hydrogen-bond donors (Lipinski definition) is 2. The molecule has 3 nitrogen and oxygen atoms in total. The predicted molar refractivity (Wildman–Crippen MR) is 61.6 cm³/mol. The summed E-state index contributed by atoms with van der Waals surface area (Å²) in [5.74, 6) is -0.0312. The molecule has 0 saturated carbocycles. The van der Waals surface area contributed by atoms with Crippen LogP contribution in [0.5, 0.6) is 0 Å². The van der Waals surface area contributed by atoms with Crippen molar-refractivity contribution in [2.45, 2.75) is 19.9 Å². The van der Waals surface area contributed by atoms with Gasteiger partial charge in [0, 0.05) is 12.6 Å². The van der Waals surface area contributed by atoms with Crippen LogP contribution < -0.4 is 10.6 Å². The van der Waals surface area contributed by atoms with Crippen molar-refractivity contribution >= 4 is 5.91 Å². The zero-order valence-corrected chi connectivity index (χ0v) is 9.59. The summed E-state index contributed by atoms with van der Waals surface area (Å²) < 4.78 is 12.3. The van der Waals surface area contributed by atoms with E-state index in [1.54, 1.807) is 19.1 Å². The zero-order valence-electron chi connectivity index (χ0n) is 9.59. The van der Waals surface area contributed by atoms with Crippen LogP contribution in [0.1, 0.15) is 12.5 Å². The van der Waals surface area contributed by atoms with E-state index in [9.17, 15) is 9.18 Å². The van der Waals surface area contributed by atoms with Crippen LogP contribution in [0.3, 0.4) is 0 Å². The number of amides is 1. The minimum Gasteiger partial charge on any atom is -0.351 e. The molecule has 2 N–H and O–H groups in total. The molecule has 0 aliphatic carbocycles. The lowest BCUT2D eigenvalue weighted by atomic mass is 10.2. The van der Waals surface area contributed by atoms with Gasteiger partial charge in [0.1, 0.15) is 5.82 Å². The van der Waals surface area contributed by atoms with Gasteiger partial charge in [0.05, 0.1) is 6.54 Å². The first-order valence-electron chi connectivity index (χ1n) is 5.31. The molecule has 1 amide bonds. The highest BCUT2D eigenvalue weighted by molar-refractivity contribution is 5.79. The van der Waals surface area contributed by atoms with Crippen LogP contribution in [0.2, 0.25) is 0 Å². The Labute approximate surface area is 95.0 Å². The van der Waals surface area contributed by atoms with Crippen LogP contribution in [0.4, 0.5) is 4.39 Å². The summed E-state index contributed by atoms with van der Waals surface area (Å²) in [5, 5.41) is 5.75. The molecule has 1 fully saturated rings. The van der Waals surface area contributed by atoms with Gasteiger partial charge in [-0.25, -0.2) is 4.39 Å². The van der Waals surface area contributed by atoms with Crippen molar-refractivity contribution in [3.05, 3.63) is 35.6 Å². The third kappa shape index (κ3) is 4.40. The average molecular weight is 224 g/mol. The van der Waals surface area contributed by atoms with Crippen LogP contribution in [0.15, 0.2) is 24.3 Å². The number of hydrogen-bond acceptors (Lipinski definition) is 2. The van der Waals surface area contributed by atoms with E-state index in [0.717, 1.165) is 6.54 Å². The van der Waals surface area contributed by atoms with Gasteiger partial charge in [-0.15, -0.1) is 0 Å². The molecule has 0 radical (unpaired) electrons. The minimum atomic E-state index is -0.132. The van der Waals surface area contributed by atoms with Crippen molar-refractivity contribution in [2.24, 2.45) is 0 Å². The number of aryl methyl sites for hydroxylation is 1. The third-order valence-electron chi connectivity index (χ3n) is 2.22. The van der Waals surface area contributed by atoms with Crippen molar-refractivity contribution < 1.29 is 9.18 Å².